The zero-order valence-electron chi connectivity index (χ0n) is 13.8. The molecule has 1 rings (SSSR count). The van der Waals surface area contributed by atoms with Crippen molar-refractivity contribution in [1.82, 2.24) is 5.32 Å². The molecule has 0 saturated heterocycles. The summed E-state index contributed by atoms with van der Waals surface area (Å²) in [6.07, 6.45) is -0.491. The molecule has 0 heterocycles. The van der Waals surface area contributed by atoms with Gasteiger partial charge >= 0.3 is 0 Å². The van der Waals surface area contributed by atoms with Crippen LogP contribution in [-0.4, -0.2) is 36.1 Å². The number of ether oxygens (including phenoxy) is 2. The Morgan fingerprint density at radius 3 is 2.52 bits per heavy atom. The highest BCUT2D eigenvalue weighted by atomic mass is 16.5. The largest absolute Gasteiger partial charge is 0.491 e. The van der Waals surface area contributed by atoms with E-state index in [1.54, 1.807) is 0 Å². The van der Waals surface area contributed by atoms with E-state index < -0.39 is 6.10 Å². The van der Waals surface area contributed by atoms with Crippen molar-refractivity contribution in [3.8, 4) is 5.75 Å². The van der Waals surface area contributed by atoms with Gasteiger partial charge in [-0.05, 0) is 52.3 Å². The van der Waals surface area contributed by atoms with Crippen LogP contribution in [0.15, 0.2) is 24.3 Å². The molecule has 0 aliphatic rings. The summed E-state index contributed by atoms with van der Waals surface area (Å²) in [7, 11) is 0. The van der Waals surface area contributed by atoms with Crippen molar-refractivity contribution in [2.24, 2.45) is 0 Å². The minimum atomic E-state index is -0.608. The van der Waals surface area contributed by atoms with Crippen molar-refractivity contribution in [1.29, 1.82) is 0 Å². The van der Waals surface area contributed by atoms with Gasteiger partial charge < -0.3 is 19.9 Å². The fraction of sp³-hybridized carbons (Fsp3) is 0.647. The highest BCUT2D eigenvalue weighted by Gasteiger charge is 2.09. The highest BCUT2D eigenvalue weighted by molar-refractivity contribution is 5.28. The highest BCUT2D eigenvalue weighted by Crippen LogP contribution is 2.14. The first-order valence-corrected chi connectivity index (χ1v) is 7.53. The third-order valence-corrected chi connectivity index (χ3v) is 2.79. The van der Waals surface area contributed by atoms with Gasteiger partial charge in [-0.2, -0.15) is 0 Å². The molecule has 1 unspecified atom stereocenters. The van der Waals surface area contributed by atoms with Crippen molar-refractivity contribution in [3.05, 3.63) is 29.8 Å². The van der Waals surface area contributed by atoms with E-state index in [0.717, 1.165) is 17.9 Å². The zero-order valence-corrected chi connectivity index (χ0v) is 13.8. The Labute approximate surface area is 128 Å². The number of hydrogen-bond donors (Lipinski definition) is 2. The molecule has 1 aromatic rings. The number of aliphatic hydroxyl groups excluding tert-OH is 1. The van der Waals surface area contributed by atoms with Crippen molar-refractivity contribution in [2.75, 3.05) is 13.2 Å². The molecule has 0 amide bonds. The van der Waals surface area contributed by atoms with E-state index in [-0.39, 0.29) is 18.2 Å². The van der Waals surface area contributed by atoms with E-state index in [4.69, 9.17) is 9.47 Å². The van der Waals surface area contributed by atoms with Gasteiger partial charge in [0.25, 0.3) is 0 Å². The number of hydrogen-bond acceptors (Lipinski definition) is 4. The molecule has 1 atom stereocenters. The van der Waals surface area contributed by atoms with Gasteiger partial charge in [0.05, 0.1) is 12.7 Å². The van der Waals surface area contributed by atoms with Gasteiger partial charge in [-0.3, -0.25) is 0 Å². The normalized spacial score (nSPS) is 13.5. The Balaban J connectivity index is 2.42. The van der Waals surface area contributed by atoms with Gasteiger partial charge in [0.2, 0.25) is 0 Å². The molecule has 0 spiro atoms. The summed E-state index contributed by atoms with van der Waals surface area (Å²) < 4.78 is 11.0. The average Bonchev–Trinajstić information content (AvgIpc) is 2.40. The molecule has 4 nitrogen and oxygen atoms in total. The van der Waals surface area contributed by atoms with E-state index in [9.17, 15) is 5.11 Å². The van der Waals surface area contributed by atoms with E-state index in [1.807, 2.05) is 32.0 Å². The first kappa shape index (κ1) is 18.0. The predicted molar refractivity (Wildman–Crippen MR) is 85.6 cm³/mol. The van der Waals surface area contributed by atoms with Crippen molar-refractivity contribution in [3.63, 3.8) is 0 Å². The summed E-state index contributed by atoms with van der Waals surface area (Å²) in [6, 6.07) is 7.92. The van der Waals surface area contributed by atoms with Crippen LogP contribution in [0.1, 0.15) is 40.2 Å². The van der Waals surface area contributed by atoms with E-state index >= 15 is 0 Å². The Bertz CT molecular complexity index is 413. The first-order chi connectivity index (χ1) is 9.76. The minimum Gasteiger partial charge on any atom is -0.491 e. The molecule has 1 aromatic carbocycles. The molecule has 120 valence electrons. The third-order valence-electron chi connectivity index (χ3n) is 2.79. The Kier molecular flexibility index (Phi) is 7.15. The molecule has 4 heteroatoms. The third kappa shape index (κ3) is 8.71. The molecule has 21 heavy (non-hydrogen) atoms. The number of nitrogens with one attached hydrogen (secondary N) is 1. The summed E-state index contributed by atoms with van der Waals surface area (Å²) in [5.41, 5.74) is 1.25. The lowest BCUT2D eigenvalue weighted by Gasteiger charge is -2.21. The molecular formula is C17H29NO3. The number of aliphatic hydroxyl groups is 1. The van der Waals surface area contributed by atoms with Crippen molar-refractivity contribution < 1.29 is 14.6 Å². The summed E-state index contributed by atoms with van der Waals surface area (Å²) in [6.45, 7) is 11.6. The molecule has 0 aromatic heterocycles. The molecule has 0 bridgehead atoms. The lowest BCUT2D eigenvalue weighted by atomic mass is 10.1. The molecule has 0 saturated carbocycles. The SMILES string of the molecule is CC(C)OCC(O)COc1cccc(CNC(C)(C)C)c1. The van der Waals surface area contributed by atoms with Crippen molar-refractivity contribution >= 4 is 0 Å². The van der Waals surface area contributed by atoms with Gasteiger partial charge in [-0.25, -0.2) is 0 Å². The fourth-order valence-electron chi connectivity index (χ4n) is 1.66. The average molecular weight is 295 g/mol. The molecule has 0 aliphatic heterocycles. The lowest BCUT2D eigenvalue weighted by molar-refractivity contribution is -0.0122. The Hall–Kier alpha value is -1.10. The lowest BCUT2D eigenvalue weighted by Crippen LogP contribution is -2.35. The number of rotatable bonds is 8. The Morgan fingerprint density at radius 1 is 1.19 bits per heavy atom. The summed E-state index contributed by atoms with van der Waals surface area (Å²) in [5.74, 6) is 0.770. The van der Waals surface area contributed by atoms with Crippen LogP contribution >= 0.6 is 0 Å². The number of benzene rings is 1. The first-order valence-electron chi connectivity index (χ1n) is 7.53. The second kappa shape index (κ2) is 8.37. The molecular weight excluding hydrogens is 266 g/mol. The van der Waals surface area contributed by atoms with Crippen LogP contribution in [-0.2, 0) is 11.3 Å². The molecule has 0 radical (unpaired) electrons. The van der Waals surface area contributed by atoms with Gasteiger partial charge in [0.1, 0.15) is 18.5 Å². The monoisotopic (exact) mass is 295 g/mol. The standard InChI is InChI=1S/C17H29NO3/c1-13(2)20-11-15(19)12-21-16-8-6-7-14(9-16)10-18-17(3,4)5/h6-9,13,15,18-19H,10-12H2,1-5H3. The topological polar surface area (TPSA) is 50.7 Å². The zero-order chi connectivity index (χ0) is 15.9. The molecule has 2 N–H and O–H groups in total. The van der Waals surface area contributed by atoms with E-state index in [2.05, 4.69) is 32.2 Å². The van der Waals surface area contributed by atoms with Crippen LogP contribution in [0, 0.1) is 0 Å². The van der Waals surface area contributed by atoms with Crippen LogP contribution in [0.2, 0.25) is 0 Å². The summed E-state index contributed by atoms with van der Waals surface area (Å²) >= 11 is 0. The van der Waals surface area contributed by atoms with Gasteiger partial charge in [0.15, 0.2) is 0 Å². The summed E-state index contributed by atoms with van der Waals surface area (Å²) in [4.78, 5) is 0. The van der Waals surface area contributed by atoms with Crippen LogP contribution in [0.5, 0.6) is 5.75 Å². The molecule has 0 fully saturated rings. The quantitative estimate of drug-likeness (QED) is 0.774. The second-order valence-electron chi connectivity index (χ2n) is 6.60. The van der Waals surface area contributed by atoms with E-state index in [1.165, 1.54) is 0 Å². The maximum absolute atomic E-state index is 9.78. The second-order valence-corrected chi connectivity index (χ2v) is 6.60. The smallest absolute Gasteiger partial charge is 0.119 e. The van der Waals surface area contributed by atoms with Crippen LogP contribution < -0.4 is 10.1 Å². The van der Waals surface area contributed by atoms with Crippen LogP contribution in [0.4, 0.5) is 0 Å². The van der Waals surface area contributed by atoms with Gasteiger partial charge in [-0.15, -0.1) is 0 Å². The van der Waals surface area contributed by atoms with Gasteiger partial charge in [0, 0.05) is 12.1 Å². The van der Waals surface area contributed by atoms with Crippen LogP contribution in [0.25, 0.3) is 0 Å². The van der Waals surface area contributed by atoms with Crippen LogP contribution in [0.3, 0.4) is 0 Å². The summed E-state index contributed by atoms with van der Waals surface area (Å²) in [5, 5.41) is 13.2. The fourth-order valence-corrected chi connectivity index (χ4v) is 1.66. The Morgan fingerprint density at radius 2 is 1.90 bits per heavy atom. The predicted octanol–water partition coefficient (Wildman–Crippen LogP) is 2.74. The minimum absolute atomic E-state index is 0.0846. The maximum Gasteiger partial charge on any atom is 0.119 e. The van der Waals surface area contributed by atoms with E-state index in [0.29, 0.717) is 6.61 Å². The maximum atomic E-state index is 9.78. The van der Waals surface area contributed by atoms with Gasteiger partial charge in [-0.1, -0.05) is 12.1 Å². The van der Waals surface area contributed by atoms with Crippen molar-refractivity contribution in [2.45, 2.75) is 58.9 Å². The molecule has 0 aliphatic carbocycles.